The van der Waals surface area contributed by atoms with Gasteiger partial charge in [0.2, 0.25) is 0 Å². The number of benzene rings is 2. The smallest absolute Gasteiger partial charge is 0.542 e. The fourth-order valence-electron chi connectivity index (χ4n) is 2.60. The van der Waals surface area contributed by atoms with Crippen molar-refractivity contribution in [2.24, 2.45) is 0 Å². The molecule has 0 aliphatic rings. The van der Waals surface area contributed by atoms with Crippen LogP contribution < -0.4 is 29.6 Å². The fraction of sp³-hybridized carbons (Fsp3) is 0.158. The molecule has 1 aromatic heterocycles. The van der Waals surface area contributed by atoms with E-state index in [0.717, 1.165) is 24.3 Å². The van der Waals surface area contributed by atoms with Gasteiger partial charge in [-0.15, -0.1) is 0 Å². The second-order valence-corrected chi connectivity index (χ2v) is 7.86. The van der Waals surface area contributed by atoms with E-state index in [1.807, 2.05) is 0 Å². The first-order chi connectivity index (χ1) is 14.4. The number of amides is 1. The maximum Gasteiger partial charge on any atom is 1.00 e. The van der Waals surface area contributed by atoms with Gasteiger partial charge in [-0.3, -0.25) is 0 Å². The van der Waals surface area contributed by atoms with Gasteiger partial charge in [-0.05, 0) is 55.0 Å². The Kier molecular flexibility index (Phi) is 7.87. The third kappa shape index (κ3) is 5.55. The van der Waals surface area contributed by atoms with E-state index in [2.05, 4.69) is 9.82 Å². The summed E-state index contributed by atoms with van der Waals surface area (Å²) >= 11 is 0. The van der Waals surface area contributed by atoms with Crippen molar-refractivity contribution in [3.8, 4) is 16.9 Å². The molecule has 3 rings (SSSR count). The zero-order valence-electron chi connectivity index (χ0n) is 16.7. The Balaban J connectivity index is 0.00000363. The Hall–Kier alpha value is -2.28. The molecule has 0 bridgehead atoms. The first kappa shape index (κ1) is 26.0. The predicted octanol–water partition coefficient (Wildman–Crippen LogP) is 1.84. The van der Waals surface area contributed by atoms with Crippen LogP contribution in [0.4, 0.5) is 22.0 Å². The number of sulfonamides is 1. The molecule has 1 amide bonds. The van der Waals surface area contributed by atoms with Crippen LogP contribution in [0.15, 0.2) is 53.4 Å². The molecule has 0 aliphatic heterocycles. The number of carbonyl (C=O) groups is 1. The number of nitrogens with zero attached hydrogens (tertiary/aromatic N) is 3. The van der Waals surface area contributed by atoms with Crippen LogP contribution in [0, 0.1) is 11.6 Å². The van der Waals surface area contributed by atoms with Gasteiger partial charge in [-0.25, -0.2) is 21.9 Å². The monoisotopic (exact) mass is 481 g/mol. The molecular formula is C19H13F5N3NaO3S. The van der Waals surface area contributed by atoms with E-state index in [0.29, 0.717) is 16.8 Å². The molecule has 13 heteroatoms. The summed E-state index contributed by atoms with van der Waals surface area (Å²) in [5.74, 6) is -2.79. The molecule has 6 nitrogen and oxygen atoms in total. The van der Waals surface area contributed by atoms with E-state index in [-0.39, 0.29) is 47.2 Å². The molecule has 3 aromatic rings. The number of alkyl halides is 3. The summed E-state index contributed by atoms with van der Waals surface area (Å²) in [7, 11) is -4.49. The average Bonchev–Trinajstić information content (AvgIpc) is 3.13. The topological polar surface area (TPSA) is 83.1 Å². The minimum atomic E-state index is -4.85. The number of aromatic nitrogens is 2. The number of carbonyl (C=O) groups excluding carboxylic acids is 1. The van der Waals surface area contributed by atoms with E-state index < -0.39 is 50.0 Å². The van der Waals surface area contributed by atoms with Gasteiger partial charge in [0, 0.05) is 5.56 Å². The van der Waals surface area contributed by atoms with E-state index in [9.17, 15) is 35.2 Å². The Morgan fingerprint density at radius 2 is 1.69 bits per heavy atom. The molecular weight excluding hydrogens is 468 g/mol. The van der Waals surface area contributed by atoms with Crippen LogP contribution in [0.3, 0.4) is 0 Å². The Bertz CT molecular complexity index is 1240. The molecule has 2 aromatic carbocycles. The predicted molar refractivity (Wildman–Crippen MR) is 99.8 cm³/mol. The van der Waals surface area contributed by atoms with Crippen molar-refractivity contribution in [1.29, 1.82) is 0 Å². The Labute approximate surface area is 201 Å². The minimum absolute atomic E-state index is 0. The largest absolute Gasteiger partial charge is 1.00 e. The molecule has 0 saturated heterocycles. The molecule has 1 heterocycles. The summed E-state index contributed by atoms with van der Waals surface area (Å²) in [4.78, 5) is 10.7. The van der Waals surface area contributed by atoms with Crippen LogP contribution in [-0.2, 0) is 21.0 Å². The first-order valence-corrected chi connectivity index (χ1v) is 10.1. The quantitative estimate of drug-likeness (QED) is 0.412. The summed E-state index contributed by atoms with van der Waals surface area (Å²) in [5, 5.41) is 3.40. The van der Waals surface area contributed by atoms with Gasteiger partial charge < -0.3 is 9.52 Å². The minimum Gasteiger partial charge on any atom is -0.542 e. The average molecular weight is 481 g/mol. The van der Waals surface area contributed by atoms with Crippen LogP contribution >= 0.6 is 0 Å². The van der Waals surface area contributed by atoms with Crippen LogP contribution in [-0.4, -0.2) is 24.1 Å². The SMILES string of the molecule is CCC(=O)[N-]S(=O)(=O)c1ccc(-n2nc(C(F)(F)F)cc2-c2ccc(F)cc2)c(F)c1.[Na+]. The maximum absolute atomic E-state index is 14.8. The Morgan fingerprint density at radius 1 is 1.06 bits per heavy atom. The third-order valence-corrected chi connectivity index (χ3v) is 5.40. The van der Waals surface area contributed by atoms with Crippen molar-refractivity contribution in [2.75, 3.05) is 0 Å². The molecule has 0 radical (unpaired) electrons. The van der Waals surface area contributed by atoms with E-state index in [1.54, 1.807) is 0 Å². The molecule has 0 N–H and O–H groups in total. The third-order valence-electron chi connectivity index (χ3n) is 4.11. The van der Waals surface area contributed by atoms with Gasteiger partial charge >= 0.3 is 35.7 Å². The van der Waals surface area contributed by atoms with Crippen molar-refractivity contribution in [2.45, 2.75) is 24.4 Å². The van der Waals surface area contributed by atoms with E-state index in [1.165, 1.54) is 19.1 Å². The molecule has 164 valence electrons. The zero-order chi connectivity index (χ0) is 23.0. The van der Waals surface area contributed by atoms with Crippen LogP contribution in [0.2, 0.25) is 0 Å². The number of hydrogen-bond donors (Lipinski definition) is 0. The summed E-state index contributed by atoms with van der Waals surface area (Å²) in [6.45, 7) is 1.39. The molecule has 0 aliphatic carbocycles. The van der Waals surface area contributed by atoms with Gasteiger partial charge in [0.1, 0.15) is 27.3 Å². The second-order valence-electron chi connectivity index (χ2n) is 6.26. The molecule has 0 spiro atoms. The van der Waals surface area contributed by atoms with Crippen molar-refractivity contribution < 1.29 is 64.7 Å². The van der Waals surface area contributed by atoms with Crippen molar-refractivity contribution >= 4 is 15.9 Å². The van der Waals surface area contributed by atoms with Crippen molar-refractivity contribution in [3.63, 3.8) is 0 Å². The Morgan fingerprint density at radius 3 is 2.22 bits per heavy atom. The van der Waals surface area contributed by atoms with E-state index in [4.69, 9.17) is 0 Å². The number of rotatable bonds is 5. The summed E-state index contributed by atoms with van der Waals surface area (Å²) in [6.07, 6.45) is -5.03. The molecule has 32 heavy (non-hydrogen) atoms. The van der Waals surface area contributed by atoms with Gasteiger partial charge in [0.25, 0.3) is 0 Å². The van der Waals surface area contributed by atoms with Crippen molar-refractivity contribution in [3.05, 3.63) is 70.6 Å². The maximum atomic E-state index is 14.8. The van der Waals surface area contributed by atoms with E-state index >= 15 is 0 Å². The standard InChI is InChI=1S/C19H14F5N3O3S.Na/c1-2-18(28)26-31(29,30)13-7-8-15(14(21)9-13)27-16(10-17(25-27)19(22,23)24)11-3-5-12(20)6-4-11;/h3-10H,2H2,1H3,(H,26,28);/q;+1/p-1. The van der Waals surface area contributed by atoms with Gasteiger partial charge in [-0.1, -0.05) is 6.92 Å². The summed E-state index contributed by atoms with van der Waals surface area (Å²) in [5.41, 5.74) is -1.90. The summed E-state index contributed by atoms with van der Waals surface area (Å²) in [6, 6.07) is 7.38. The summed E-state index contributed by atoms with van der Waals surface area (Å²) < 4.78 is 95.4. The van der Waals surface area contributed by atoms with Crippen LogP contribution in [0.1, 0.15) is 19.0 Å². The normalized spacial score (nSPS) is 11.7. The van der Waals surface area contributed by atoms with Crippen molar-refractivity contribution in [1.82, 2.24) is 9.78 Å². The molecule has 0 unspecified atom stereocenters. The van der Waals surface area contributed by atoms with Gasteiger partial charge in [-0.2, -0.15) is 18.3 Å². The van der Waals surface area contributed by atoms with Crippen LogP contribution in [0.5, 0.6) is 0 Å². The zero-order valence-corrected chi connectivity index (χ0v) is 19.5. The fourth-order valence-corrected chi connectivity index (χ4v) is 3.60. The molecule has 0 fully saturated rings. The number of hydrogen-bond acceptors (Lipinski definition) is 4. The number of halogens is 5. The van der Waals surface area contributed by atoms with Gasteiger partial charge in [0.15, 0.2) is 5.69 Å². The van der Waals surface area contributed by atoms with Gasteiger partial charge in [0.05, 0.1) is 16.5 Å². The molecule has 0 atom stereocenters. The second kappa shape index (κ2) is 9.69. The van der Waals surface area contributed by atoms with Crippen LogP contribution in [0.25, 0.3) is 21.7 Å². The first-order valence-electron chi connectivity index (χ1n) is 8.66. The molecule has 0 saturated carbocycles.